The van der Waals surface area contributed by atoms with Crippen molar-refractivity contribution in [1.82, 2.24) is 4.57 Å². The number of benzene rings is 3. The Kier molecular flexibility index (Phi) is 8.63. The molecule has 1 unspecified atom stereocenters. The standard InChI is InChI=1S/C32H27N3O7S/c1-4-15-41-31(37)28-20(2)33-32-34(30(36)27(43-32)17-22-11-8-12-24(16-22)35(38)39)29(28)23-13-14-25(26(18-23)40-3)42-19-21-9-6-5-7-10-21/h4-14,16-18,29H,1,15,19H2,2-3H3/b27-17-. The van der Waals surface area contributed by atoms with E-state index in [4.69, 9.17) is 14.2 Å². The van der Waals surface area contributed by atoms with Crippen molar-refractivity contribution in [2.45, 2.75) is 19.6 Å². The number of ether oxygens (including phenoxy) is 3. The van der Waals surface area contributed by atoms with Gasteiger partial charge in [0.15, 0.2) is 16.3 Å². The number of fused-ring (bicyclic) bond motifs is 1. The molecule has 0 amide bonds. The Labute approximate surface area is 250 Å². The van der Waals surface area contributed by atoms with Crippen molar-refractivity contribution in [3.8, 4) is 11.5 Å². The molecule has 11 heteroatoms. The van der Waals surface area contributed by atoms with Crippen LogP contribution < -0.4 is 24.4 Å². The van der Waals surface area contributed by atoms with Gasteiger partial charge in [-0.05, 0) is 41.8 Å². The van der Waals surface area contributed by atoms with Crippen molar-refractivity contribution < 1.29 is 23.9 Å². The lowest BCUT2D eigenvalue weighted by Gasteiger charge is -2.25. The lowest BCUT2D eigenvalue weighted by molar-refractivity contribution is -0.384. The SMILES string of the molecule is C=CCOC(=O)C1=C(C)N=c2s/c(=C\c3cccc([N+](=O)[O-])c3)c(=O)n2C1c1ccc(OCc2ccccc2)c(OC)c1. The number of aromatic nitrogens is 1. The van der Waals surface area contributed by atoms with Crippen LogP contribution in [0, 0.1) is 10.1 Å². The van der Waals surface area contributed by atoms with Gasteiger partial charge in [0.25, 0.3) is 11.2 Å². The second-order valence-electron chi connectivity index (χ2n) is 9.51. The van der Waals surface area contributed by atoms with Crippen LogP contribution in [0.25, 0.3) is 6.08 Å². The minimum absolute atomic E-state index is 0.0187. The van der Waals surface area contributed by atoms with E-state index < -0.39 is 22.5 Å². The molecule has 1 aliphatic rings. The van der Waals surface area contributed by atoms with Crippen LogP contribution >= 0.6 is 11.3 Å². The normalized spacial score (nSPS) is 14.5. The topological polar surface area (TPSA) is 122 Å². The highest BCUT2D eigenvalue weighted by Gasteiger charge is 2.34. The number of nitro groups is 1. The summed E-state index contributed by atoms with van der Waals surface area (Å²) in [6, 6.07) is 20.0. The van der Waals surface area contributed by atoms with Gasteiger partial charge in [-0.1, -0.05) is 72.5 Å². The number of non-ortho nitro benzene ring substituents is 1. The van der Waals surface area contributed by atoms with Crippen LogP contribution in [0.5, 0.6) is 11.5 Å². The molecule has 0 bridgehead atoms. The number of nitrogens with zero attached hydrogens (tertiary/aromatic N) is 3. The van der Waals surface area contributed by atoms with Gasteiger partial charge >= 0.3 is 5.97 Å². The molecule has 5 rings (SSSR count). The minimum atomic E-state index is -0.891. The highest BCUT2D eigenvalue weighted by Crippen LogP contribution is 2.36. The van der Waals surface area contributed by atoms with E-state index in [2.05, 4.69) is 11.6 Å². The molecule has 10 nitrogen and oxygen atoms in total. The van der Waals surface area contributed by atoms with Gasteiger partial charge in [0.2, 0.25) is 0 Å². The largest absolute Gasteiger partial charge is 0.493 e. The molecule has 1 aliphatic heterocycles. The van der Waals surface area contributed by atoms with E-state index in [1.54, 1.807) is 43.3 Å². The van der Waals surface area contributed by atoms with Crippen molar-refractivity contribution in [3.05, 3.63) is 143 Å². The number of hydrogen-bond donors (Lipinski definition) is 0. The third-order valence-electron chi connectivity index (χ3n) is 6.69. The summed E-state index contributed by atoms with van der Waals surface area (Å²) >= 11 is 1.12. The Morgan fingerprint density at radius 1 is 1.12 bits per heavy atom. The van der Waals surface area contributed by atoms with Gasteiger partial charge in [0.05, 0.1) is 33.9 Å². The Bertz CT molecular complexity index is 1930. The summed E-state index contributed by atoms with van der Waals surface area (Å²) in [6.07, 6.45) is 3.03. The zero-order valence-corrected chi connectivity index (χ0v) is 24.2. The summed E-state index contributed by atoms with van der Waals surface area (Å²) < 4.78 is 18.8. The van der Waals surface area contributed by atoms with Gasteiger partial charge in [-0.3, -0.25) is 19.5 Å². The zero-order valence-electron chi connectivity index (χ0n) is 23.4. The predicted octanol–water partition coefficient (Wildman–Crippen LogP) is 4.46. The van der Waals surface area contributed by atoms with Crippen molar-refractivity contribution in [2.75, 3.05) is 13.7 Å². The van der Waals surface area contributed by atoms with E-state index in [1.165, 1.54) is 29.9 Å². The number of hydrogen-bond acceptors (Lipinski definition) is 9. The van der Waals surface area contributed by atoms with Crippen molar-refractivity contribution in [3.63, 3.8) is 0 Å². The van der Waals surface area contributed by atoms with Crippen LogP contribution in [0.2, 0.25) is 0 Å². The molecule has 0 aliphatic carbocycles. The van der Waals surface area contributed by atoms with Crippen molar-refractivity contribution in [2.24, 2.45) is 4.99 Å². The molecule has 4 aromatic rings. The highest BCUT2D eigenvalue weighted by molar-refractivity contribution is 7.07. The van der Waals surface area contributed by atoms with Gasteiger partial charge in [-0.25, -0.2) is 9.79 Å². The molecule has 1 aromatic heterocycles. The molecule has 218 valence electrons. The van der Waals surface area contributed by atoms with Gasteiger partial charge in [-0.2, -0.15) is 0 Å². The molecule has 1 atom stereocenters. The molecule has 2 heterocycles. The first-order chi connectivity index (χ1) is 20.8. The maximum Gasteiger partial charge on any atom is 0.338 e. The molecule has 0 fully saturated rings. The average molecular weight is 598 g/mol. The molecular weight excluding hydrogens is 570 g/mol. The van der Waals surface area contributed by atoms with E-state index in [9.17, 15) is 19.7 Å². The number of thiazole rings is 1. The van der Waals surface area contributed by atoms with Crippen LogP contribution in [0.3, 0.4) is 0 Å². The lowest BCUT2D eigenvalue weighted by atomic mass is 9.95. The Morgan fingerprint density at radius 3 is 2.63 bits per heavy atom. The number of carbonyl (C=O) groups excluding carboxylic acids is 1. The lowest BCUT2D eigenvalue weighted by Crippen LogP contribution is -2.40. The Balaban J connectivity index is 1.62. The number of methoxy groups -OCH3 is 1. The zero-order chi connectivity index (χ0) is 30.5. The van der Waals surface area contributed by atoms with E-state index in [-0.39, 0.29) is 17.9 Å². The first kappa shape index (κ1) is 29.2. The Morgan fingerprint density at radius 2 is 1.91 bits per heavy atom. The summed E-state index contributed by atoms with van der Waals surface area (Å²) in [6.45, 7) is 5.60. The van der Waals surface area contributed by atoms with E-state index >= 15 is 0 Å². The quantitative estimate of drug-likeness (QED) is 0.115. The fraction of sp³-hybridized carbons (Fsp3) is 0.156. The molecule has 0 radical (unpaired) electrons. The Hall–Kier alpha value is -5.29. The summed E-state index contributed by atoms with van der Waals surface area (Å²) in [7, 11) is 1.51. The second kappa shape index (κ2) is 12.7. The average Bonchev–Trinajstić information content (AvgIpc) is 3.32. The van der Waals surface area contributed by atoms with Crippen molar-refractivity contribution >= 4 is 29.1 Å². The van der Waals surface area contributed by atoms with Gasteiger partial charge in [0.1, 0.15) is 13.2 Å². The monoisotopic (exact) mass is 597 g/mol. The maximum atomic E-state index is 13.9. The third kappa shape index (κ3) is 6.16. The van der Waals surface area contributed by atoms with Crippen LogP contribution in [0.4, 0.5) is 5.69 Å². The minimum Gasteiger partial charge on any atom is -0.493 e. The van der Waals surface area contributed by atoms with Gasteiger partial charge in [0, 0.05) is 12.1 Å². The molecule has 43 heavy (non-hydrogen) atoms. The van der Waals surface area contributed by atoms with Crippen LogP contribution in [0.15, 0.2) is 107 Å². The summed E-state index contributed by atoms with van der Waals surface area (Å²) in [5.41, 5.74) is 2.12. The number of rotatable bonds is 10. The number of allylic oxidation sites excluding steroid dienone is 1. The fourth-order valence-electron chi connectivity index (χ4n) is 4.70. The number of esters is 1. The molecular formula is C32H27N3O7S. The molecule has 3 aromatic carbocycles. The number of nitro benzene ring substituents is 1. The number of carbonyl (C=O) groups is 1. The molecule has 0 saturated heterocycles. The highest BCUT2D eigenvalue weighted by atomic mass is 32.1. The first-order valence-electron chi connectivity index (χ1n) is 13.2. The van der Waals surface area contributed by atoms with Crippen molar-refractivity contribution in [1.29, 1.82) is 0 Å². The maximum absolute atomic E-state index is 13.9. The van der Waals surface area contributed by atoms with E-state index in [1.807, 2.05) is 30.3 Å². The van der Waals surface area contributed by atoms with Crippen LogP contribution in [-0.4, -0.2) is 29.2 Å². The first-order valence-corrected chi connectivity index (χ1v) is 14.0. The van der Waals surface area contributed by atoms with Gasteiger partial charge < -0.3 is 14.2 Å². The van der Waals surface area contributed by atoms with Crippen LogP contribution in [0.1, 0.15) is 29.7 Å². The second-order valence-corrected chi connectivity index (χ2v) is 10.5. The fourth-order valence-corrected chi connectivity index (χ4v) is 5.75. The molecule has 0 N–H and O–H groups in total. The van der Waals surface area contributed by atoms with Gasteiger partial charge in [-0.15, -0.1) is 0 Å². The summed E-state index contributed by atoms with van der Waals surface area (Å²) in [4.78, 5) is 42.9. The predicted molar refractivity (Wildman–Crippen MR) is 162 cm³/mol. The smallest absolute Gasteiger partial charge is 0.338 e. The third-order valence-corrected chi connectivity index (χ3v) is 7.68. The summed E-state index contributed by atoms with van der Waals surface area (Å²) in [5.74, 6) is 0.271. The van der Waals surface area contributed by atoms with Crippen LogP contribution in [-0.2, 0) is 16.1 Å². The van der Waals surface area contributed by atoms with E-state index in [0.29, 0.717) is 44.3 Å². The molecule has 0 spiro atoms. The van der Waals surface area contributed by atoms with E-state index in [0.717, 1.165) is 16.9 Å². The molecule has 0 saturated carbocycles. The summed E-state index contributed by atoms with van der Waals surface area (Å²) in [5, 5.41) is 11.3.